The van der Waals surface area contributed by atoms with Crippen molar-refractivity contribution < 1.29 is 0 Å². The van der Waals surface area contributed by atoms with Gasteiger partial charge in [0.15, 0.2) is 5.82 Å². The Hall–Kier alpha value is -2.21. The molecule has 1 fully saturated rings. The van der Waals surface area contributed by atoms with E-state index in [1.165, 1.54) is 32.1 Å². The molecule has 6 nitrogen and oxygen atoms in total. The average Bonchev–Trinajstić information content (AvgIpc) is 3.31. The van der Waals surface area contributed by atoms with Crippen molar-refractivity contribution in [3.8, 4) is 5.69 Å². The van der Waals surface area contributed by atoms with Crippen LogP contribution in [0.4, 0.5) is 0 Å². The van der Waals surface area contributed by atoms with Gasteiger partial charge in [0.05, 0.1) is 5.69 Å². The minimum Gasteiger partial charge on any atom is -0.253 e. The fraction of sp³-hybridized carbons (Fsp3) is 0.444. The molecule has 1 aliphatic rings. The van der Waals surface area contributed by atoms with Gasteiger partial charge < -0.3 is 0 Å². The second-order valence-corrected chi connectivity index (χ2v) is 6.95. The van der Waals surface area contributed by atoms with E-state index in [9.17, 15) is 0 Å². The summed E-state index contributed by atoms with van der Waals surface area (Å²) in [6, 6.07) is 7.75. The van der Waals surface area contributed by atoms with E-state index in [2.05, 4.69) is 10.1 Å². The lowest BCUT2D eigenvalue weighted by atomic mass is 9.89. The molecule has 0 radical (unpaired) electrons. The van der Waals surface area contributed by atoms with Gasteiger partial charge in [0.25, 0.3) is 0 Å². The van der Waals surface area contributed by atoms with Gasteiger partial charge in [0.2, 0.25) is 0 Å². The van der Waals surface area contributed by atoms with Crippen LogP contribution in [0.15, 0.2) is 36.9 Å². The van der Waals surface area contributed by atoms with Crippen molar-refractivity contribution in [3.05, 3.63) is 53.6 Å². The highest BCUT2D eigenvalue weighted by atomic mass is 35.5. The molecule has 0 N–H and O–H groups in total. The summed E-state index contributed by atoms with van der Waals surface area (Å²) in [7, 11) is 0. The van der Waals surface area contributed by atoms with Gasteiger partial charge in [-0.1, -0.05) is 30.9 Å². The van der Waals surface area contributed by atoms with Gasteiger partial charge in [-0.25, -0.2) is 14.6 Å². The van der Waals surface area contributed by atoms with Crippen LogP contribution in [0.25, 0.3) is 5.69 Å². The molecule has 130 valence electrons. The number of hydrogen-bond donors (Lipinski definition) is 0. The van der Waals surface area contributed by atoms with Crippen molar-refractivity contribution >= 4 is 11.6 Å². The van der Waals surface area contributed by atoms with Gasteiger partial charge in [0, 0.05) is 23.9 Å². The van der Waals surface area contributed by atoms with Crippen LogP contribution >= 0.6 is 11.6 Å². The smallest absolute Gasteiger partial charge is 0.154 e. The Morgan fingerprint density at radius 2 is 1.88 bits per heavy atom. The predicted molar refractivity (Wildman–Crippen MR) is 95.9 cm³/mol. The quantitative estimate of drug-likeness (QED) is 0.697. The van der Waals surface area contributed by atoms with Crippen LogP contribution < -0.4 is 0 Å². The number of aryl methyl sites for hydroxylation is 2. The number of halogens is 1. The fourth-order valence-electron chi connectivity index (χ4n) is 3.41. The summed E-state index contributed by atoms with van der Waals surface area (Å²) in [6.07, 6.45) is 10.3. The standard InChI is InChI=1S/C18H21ClN6/c19-15-6-8-16(9-7-15)25-17(10-11-24-13-20-12-21-24)22-18(23-25)14-4-2-1-3-5-14/h6-9,12-14H,1-5,10-11H2. The van der Waals surface area contributed by atoms with Crippen molar-refractivity contribution in [1.82, 2.24) is 29.5 Å². The summed E-state index contributed by atoms with van der Waals surface area (Å²) < 4.78 is 3.78. The number of aromatic nitrogens is 6. The molecule has 0 bridgehead atoms. The Morgan fingerprint density at radius 3 is 2.60 bits per heavy atom. The van der Waals surface area contributed by atoms with Crippen molar-refractivity contribution in [2.24, 2.45) is 0 Å². The lowest BCUT2D eigenvalue weighted by Crippen LogP contribution is -2.08. The third-order valence-electron chi connectivity index (χ3n) is 4.76. The van der Waals surface area contributed by atoms with Gasteiger partial charge >= 0.3 is 0 Å². The molecule has 0 aliphatic heterocycles. The van der Waals surface area contributed by atoms with Crippen LogP contribution in [-0.4, -0.2) is 29.5 Å². The molecule has 0 amide bonds. The summed E-state index contributed by atoms with van der Waals surface area (Å²) >= 11 is 6.03. The molecule has 0 saturated heterocycles. The van der Waals surface area contributed by atoms with E-state index in [4.69, 9.17) is 21.7 Å². The van der Waals surface area contributed by atoms with Crippen LogP contribution in [0.3, 0.4) is 0 Å². The Bertz CT molecular complexity index is 803. The van der Waals surface area contributed by atoms with E-state index < -0.39 is 0 Å². The molecule has 3 aromatic rings. The molecular weight excluding hydrogens is 336 g/mol. The molecule has 25 heavy (non-hydrogen) atoms. The second-order valence-electron chi connectivity index (χ2n) is 6.52. The maximum absolute atomic E-state index is 6.03. The molecule has 0 spiro atoms. The lowest BCUT2D eigenvalue weighted by Gasteiger charge is -2.18. The predicted octanol–water partition coefficient (Wildman–Crippen LogP) is 3.80. The third kappa shape index (κ3) is 3.74. The first kappa shape index (κ1) is 16.3. The summed E-state index contributed by atoms with van der Waals surface area (Å²) in [6.45, 7) is 0.733. The van der Waals surface area contributed by atoms with Crippen LogP contribution in [0, 0.1) is 0 Å². The SMILES string of the molecule is Clc1ccc(-n2nc(C3CCCCC3)nc2CCn2cncn2)cc1. The molecular formula is C18H21ClN6. The highest BCUT2D eigenvalue weighted by Gasteiger charge is 2.22. The number of hydrogen-bond acceptors (Lipinski definition) is 4. The summed E-state index contributed by atoms with van der Waals surface area (Å²) in [5.41, 5.74) is 0.993. The molecule has 1 aliphatic carbocycles. The van der Waals surface area contributed by atoms with Crippen LogP contribution in [0.2, 0.25) is 5.02 Å². The third-order valence-corrected chi connectivity index (χ3v) is 5.02. The number of benzene rings is 1. The Labute approximate surface area is 151 Å². The van der Waals surface area contributed by atoms with E-state index in [0.29, 0.717) is 5.92 Å². The normalized spacial score (nSPS) is 15.6. The zero-order chi connectivity index (χ0) is 17.1. The topological polar surface area (TPSA) is 61.4 Å². The molecule has 0 unspecified atom stereocenters. The highest BCUT2D eigenvalue weighted by molar-refractivity contribution is 6.30. The highest BCUT2D eigenvalue weighted by Crippen LogP contribution is 2.31. The monoisotopic (exact) mass is 356 g/mol. The molecule has 4 rings (SSSR count). The minimum atomic E-state index is 0.479. The van der Waals surface area contributed by atoms with Crippen molar-refractivity contribution in [2.45, 2.75) is 51.0 Å². The summed E-state index contributed by atoms with van der Waals surface area (Å²) in [5.74, 6) is 2.41. The largest absolute Gasteiger partial charge is 0.253 e. The first-order valence-corrected chi connectivity index (χ1v) is 9.21. The molecule has 7 heteroatoms. The number of nitrogens with zero attached hydrogens (tertiary/aromatic N) is 6. The molecule has 1 aromatic carbocycles. The van der Waals surface area contributed by atoms with Crippen molar-refractivity contribution in [2.75, 3.05) is 0 Å². The number of rotatable bonds is 5. The fourth-order valence-corrected chi connectivity index (χ4v) is 3.54. The molecule has 2 aromatic heterocycles. The maximum atomic E-state index is 6.03. The van der Waals surface area contributed by atoms with Gasteiger partial charge in [-0.3, -0.25) is 4.68 Å². The molecule has 1 saturated carbocycles. The maximum Gasteiger partial charge on any atom is 0.154 e. The van der Waals surface area contributed by atoms with E-state index in [1.807, 2.05) is 33.6 Å². The summed E-state index contributed by atoms with van der Waals surface area (Å²) in [5, 5.41) is 9.75. The lowest BCUT2D eigenvalue weighted by molar-refractivity contribution is 0.428. The zero-order valence-corrected chi connectivity index (χ0v) is 14.8. The van der Waals surface area contributed by atoms with Gasteiger partial charge in [-0.05, 0) is 37.1 Å². The molecule has 0 atom stereocenters. The first-order chi connectivity index (χ1) is 12.3. The van der Waals surface area contributed by atoms with Crippen molar-refractivity contribution in [3.63, 3.8) is 0 Å². The molecule has 2 heterocycles. The van der Waals surface area contributed by atoms with Crippen LogP contribution in [0.1, 0.15) is 49.7 Å². The summed E-state index contributed by atoms with van der Waals surface area (Å²) in [4.78, 5) is 8.89. The zero-order valence-electron chi connectivity index (χ0n) is 14.1. The first-order valence-electron chi connectivity index (χ1n) is 8.84. The van der Waals surface area contributed by atoms with E-state index in [-0.39, 0.29) is 0 Å². The van der Waals surface area contributed by atoms with Crippen molar-refractivity contribution in [1.29, 1.82) is 0 Å². The van der Waals surface area contributed by atoms with Gasteiger partial charge in [-0.15, -0.1) is 0 Å². The Morgan fingerprint density at radius 1 is 1.08 bits per heavy atom. The van der Waals surface area contributed by atoms with Crippen LogP contribution in [0.5, 0.6) is 0 Å². The average molecular weight is 357 g/mol. The van der Waals surface area contributed by atoms with E-state index >= 15 is 0 Å². The van der Waals surface area contributed by atoms with Crippen LogP contribution in [-0.2, 0) is 13.0 Å². The Kier molecular flexibility index (Phi) is 4.78. The minimum absolute atomic E-state index is 0.479. The second kappa shape index (κ2) is 7.35. The van der Waals surface area contributed by atoms with Gasteiger partial charge in [0.1, 0.15) is 18.5 Å². The van der Waals surface area contributed by atoms with E-state index in [1.54, 1.807) is 12.7 Å². The van der Waals surface area contributed by atoms with Gasteiger partial charge in [-0.2, -0.15) is 10.2 Å². The Balaban J connectivity index is 1.63. The van der Waals surface area contributed by atoms with E-state index in [0.717, 1.165) is 35.3 Å².